The van der Waals surface area contributed by atoms with E-state index < -0.39 is 0 Å². The SMILES string of the molecule is Cc1nc(C(=O)NCc2ccc3c(c2)OCCO3)cc(C2=NO[C@H]([C@H]3CO[C@H](CO)CO3)C2)n1. The van der Waals surface area contributed by atoms with Crippen LogP contribution in [0.1, 0.15) is 34.0 Å². The number of aliphatic hydroxyl groups is 1. The van der Waals surface area contributed by atoms with Gasteiger partial charge in [0.2, 0.25) is 0 Å². The molecule has 0 saturated carbocycles. The molecule has 2 aromatic rings. The molecule has 11 heteroatoms. The van der Waals surface area contributed by atoms with Crippen molar-refractivity contribution in [2.45, 2.75) is 38.2 Å². The molecular formula is C23H26N4O7. The molecule has 0 spiro atoms. The first-order valence-corrected chi connectivity index (χ1v) is 11.2. The van der Waals surface area contributed by atoms with Crippen molar-refractivity contribution in [3.05, 3.63) is 47.0 Å². The fourth-order valence-corrected chi connectivity index (χ4v) is 3.93. The number of nitrogens with one attached hydrogen (secondary N) is 1. The van der Waals surface area contributed by atoms with Gasteiger partial charge < -0.3 is 34.2 Å². The summed E-state index contributed by atoms with van der Waals surface area (Å²) in [5.74, 6) is 1.51. The fraction of sp³-hybridized carbons (Fsp3) is 0.478. The van der Waals surface area contributed by atoms with E-state index in [1.54, 1.807) is 13.0 Å². The lowest BCUT2D eigenvalue weighted by molar-refractivity contribution is -0.178. The van der Waals surface area contributed by atoms with Crippen LogP contribution in [0.3, 0.4) is 0 Å². The third kappa shape index (κ3) is 4.96. The summed E-state index contributed by atoms with van der Waals surface area (Å²) < 4.78 is 22.4. The minimum Gasteiger partial charge on any atom is -0.486 e. The summed E-state index contributed by atoms with van der Waals surface area (Å²) >= 11 is 0. The van der Waals surface area contributed by atoms with Crippen molar-refractivity contribution in [2.75, 3.05) is 33.0 Å². The largest absolute Gasteiger partial charge is 0.486 e. The van der Waals surface area contributed by atoms with Crippen molar-refractivity contribution >= 4 is 11.6 Å². The number of aromatic nitrogens is 2. The van der Waals surface area contributed by atoms with E-state index in [4.69, 9.17) is 28.9 Å². The first-order valence-electron chi connectivity index (χ1n) is 11.2. The van der Waals surface area contributed by atoms with Crippen LogP contribution in [0.4, 0.5) is 0 Å². The van der Waals surface area contributed by atoms with E-state index in [0.29, 0.717) is 68.1 Å². The van der Waals surface area contributed by atoms with Crippen LogP contribution >= 0.6 is 0 Å². The van der Waals surface area contributed by atoms with Crippen molar-refractivity contribution in [3.8, 4) is 11.5 Å². The van der Waals surface area contributed by atoms with E-state index in [2.05, 4.69) is 20.4 Å². The molecule has 1 fully saturated rings. The van der Waals surface area contributed by atoms with Crippen LogP contribution in [-0.4, -0.2) is 78.0 Å². The summed E-state index contributed by atoms with van der Waals surface area (Å²) in [5, 5.41) is 16.2. The summed E-state index contributed by atoms with van der Waals surface area (Å²) in [7, 11) is 0. The van der Waals surface area contributed by atoms with Gasteiger partial charge in [-0.2, -0.15) is 0 Å². The Morgan fingerprint density at radius 1 is 1.09 bits per heavy atom. The van der Waals surface area contributed by atoms with Crippen LogP contribution in [0, 0.1) is 6.92 Å². The molecule has 0 aliphatic carbocycles. The topological polar surface area (TPSA) is 134 Å². The minimum atomic E-state index is -0.322. The first-order chi connectivity index (χ1) is 16.6. The van der Waals surface area contributed by atoms with Crippen molar-refractivity contribution in [1.82, 2.24) is 15.3 Å². The third-order valence-corrected chi connectivity index (χ3v) is 5.73. The molecule has 34 heavy (non-hydrogen) atoms. The quantitative estimate of drug-likeness (QED) is 0.627. The second-order valence-electron chi connectivity index (χ2n) is 8.24. The number of ether oxygens (including phenoxy) is 4. The first kappa shape index (κ1) is 22.5. The zero-order valence-electron chi connectivity index (χ0n) is 18.7. The highest BCUT2D eigenvalue weighted by Crippen LogP contribution is 2.30. The smallest absolute Gasteiger partial charge is 0.270 e. The van der Waals surface area contributed by atoms with Crippen molar-refractivity contribution in [3.63, 3.8) is 0 Å². The second kappa shape index (κ2) is 9.92. The average molecular weight is 470 g/mol. The number of rotatable bonds is 6. The Kier molecular flexibility index (Phi) is 6.57. The number of oxime groups is 1. The summed E-state index contributed by atoms with van der Waals surface area (Å²) in [6.07, 6.45) is -0.462. The van der Waals surface area contributed by atoms with Crippen molar-refractivity contribution < 1.29 is 33.7 Å². The zero-order chi connectivity index (χ0) is 23.5. The molecule has 11 nitrogen and oxygen atoms in total. The monoisotopic (exact) mass is 470 g/mol. The molecule has 3 aliphatic rings. The van der Waals surface area contributed by atoms with E-state index in [0.717, 1.165) is 5.56 Å². The number of carbonyl (C=O) groups excluding carboxylic acids is 1. The number of fused-ring (bicyclic) bond motifs is 1. The molecule has 0 radical (unpaired) electrons. The van der Waals surface area contributed by atoms with E-state index in [1.165, 1.54) is 0 Å². The molecule has 1 aromatic heterocycles. The van der Waals surface area contributed by atoms with Gasteiger partial charge in [0, 0.05) is 13.0 Å². The number of amides is 1. The number of benzene rings is 1. The molecule has 3 atom stereocenters. The van der Waals surface area contributed by atoms with Gasteiger partial charge in [-0.25, -0.2) is 9.97 Å². The molecule has 180 valence electrons. The molecule has 0 bridgehead atoms. The van der Waals surface area contributed by atoms with Crippen LogP contribution < -0.4 is 14.8 Å². The lowest BCUT2D eigenvalue weighted by Crippen LogP contribution is -2.43. The van der Waals surface area contributed by atoms with Gasteiger partial charge in [-0.15, -0.1) is 0 Å². The maximum atomic E-state index is 12.8. The molecule has 3 aliphatic heterocycles. The Labute approximate surface area is 196 Å². The van der Waals surface area contributed by atoms with Gasteiger partial charge in [0.05, 0.1) is 25.5 Å². The van der Waals surface area contributed by atoms with Gasteiger partial charge in [-0.05, 0) is 30.7 Å². The third-order valence-electron chi connectivity index (χ3n) is 5.73. The highest BCUT2D eigenvalue weighted by atomic mass is 16.7. The summed E-state index contributed by atoms with van der Waals surface area (Å²) in [4.78, 5) is 27.1. The number of hydrogen-bond acceptors (Lipinski definition) is 10. The van der Waals surface area contributed by atoms with Gasteiger partial charge in [-0.1, -0.05) is 11.2 Å². The Balaban J connectivity index is 1.21. The molecule has 5 rings (SSSR count). The number of carbonyl (C=O) groups is 1. The molecule has 1 amide bonds. The minimum absolute atomic E-state index is 0.0836. The van der Waals surface area contributed by atoms with Gasteiger partial charge in [0.25, 0.3) is 5.91 Å². The Morgan fingerprint density at radius 2 is 1.94 bits per heavy atom. The van der Waals surface area contributed by atoms with Crippen LogP contribution in [0.25, 0.3) is 0 Å². The number of aryl methyl sites for hydroxylation is 1. The zero-order valence-corrected chi connectivity index (χ0v) is 18.7. The van der Waals surface area contributed by atoms with E-state index in [9.17, 15) is 4.79 Å². The lowest BCUT2D eigenvalue weighted by atomic mass is 10.0. The van der Waals surface area contributed by atoms with Gasteiger partial charge in [0.15, 0.2) is 17.6 Å². The molecule has 2 N–H and O–H groups in total. The highest BCUT2D eigenvalue weighted by molar-refractivity contribution is 6.02. The van der Waals surface area contributed by atoms with Crippen LogP contribution in [0.5, 0.6) is 11.5 Å². The number of aliphatic hydroxyl groups excluding tert-OH is 1. The molecule has 1 aromatic carbocycles. The molecule has 0 unspecified atom stereocenters. The van der Waals surface area contributed by atoms with E-state index in [1.807, 2.05) is 18.2 Å². The molecular weight excluding hydrogens is 444 g/mol. The van der Waals surface area contributed by atoms with E-state index in [-0.39, 0.29) is 36.5 Å². The average Bonchev–Trinajstić information content (AvgIpc) is 3.37. The maximum absolute atomic E-state index is 12.8. The molecule has 4 heterocycles. The predicted octanol–water partition coefficient (Wildman–Crippen LogP) is 0.756. The Hall–Kier alpha value is -3.28. The summed E-state index contributed by atoms with van der Waals surface area (Å²) in [6.45, 7) is 3.60. The normalized spacial score (nSPS) is 23.7. The Morgan fingerprint density at radius 3 is 2.74 bits per heavy atom. The second-order valence-corrected chi connectivity index (χ2v) is 8.24. The number of hydrogen-bond donors (Lipinski definition) is 2. The van der Waals surface area contributed by atoms with Gasteiger partial charge in [0.1, 0.15) is 42.7 Å². The summed E-state index contributed by atoms with van der Waals surface area (Å²) in [6, 6.07) is 7.18. The van der Waals surface area contributed by atoms with Gasteiger partial charge in [-0.3, -0.25) is 4.79 Å². The van der Waals surface area contributed by atoms with Crippen LogP contribution in [0.2, 0.25) is 0 Å². The van der Waals surface area contributed by atoms with Crippen LogP contribution in [-0.2, 0) is 20.9 Å². The molecule has 1 saturated heterocycles. The van der Waals surface area contributed by atoms with Crippen molar-refractivity contribution in [1.29, 1.82) is 0 Å². The Bertz CT molecular complexity index is 1080. The standard InChI is InChI=1S/C23H26N4O7/c1-13-25-16(17-8-21(34-27-17)22-12-32-15(10-28)11-33-22)7-18(26-13)23(29)24-9-14-2-3-19-20(6-14)31-5-4-30-19/h2-3,6-7,15,21-22,28H,4-5,8-12H2,1H3,(H,24,29)/t15-,21+,22-/m1/s1. The van der Waals surface area contributed by atoms with Crippen molar-refractivity contribution in [2.24, 2.45) is 5.16 Å². The van der Waals surface area contributed by atoms with E-state index >= 15 is 0 Å². The fourth-order valence-electron chi connectivity index (χ4n) is 3.93. The predicted molar refractivity (Wildman–Crippen MR) is 118 cm³/mol. The van der Waals surface area contributed by atoms with Crippen LogP contribution in [0.15, 0.2) is 29.4 Å². The lowest BCUT2D eigenvalue weighted by Gasteiger charge is -2.30. The highest BCUT2D eigenvalue weighted by Gasteiger charge is 2.35. The maximum Gasteiger partial charge on any atom is 0.270 e. The van der Waals surface area contributed by atoms with Gasteiger partial charge >= 0.3 is 0 Å². The summed E-state index contributed by atoms with van der Waals surface area (Å²) in [5.41, 5.74) is 2.28. The number of nitrogens with zero attached hydrogens (tertiary/aromatic N) is 3.